The molecule has 0 bridgehead atoms. The minimum absolute atomic E-state index is 0. The molecule has 0 aliphatic carbocycles. The minimum Gasteiger partial charge on any atom is -0.394 e. The highest BCUT2D eigenvalue weighted by atomic mass is 79.9. The van der Waals surface area contributed by atoms with E-state index in [2.05, 4.69) is 21.2 Å². The summed E-state index contributed by atoms with van der Waals surface area (Å²) < 4.78 is 28.0. The zero-order valence-electron chi connectivity index (χ0n) is 10.2. The Morgan fingerprint density at radius 1 is 1.32 bits per heavy atom. The molecule has 19 heavy (non-hydrogen) atoms. The molecule has 1 aliphatic heterocycles. The van der Waals surface area contributed by atoms with E-state index in [1.54, 1.807) is 0 Å². The molecule has 0 amide bonds. The molecule has 0 saturated carbocycles. The van der Waals surface area contributed by atoms with Crippen LogP contribution in [0.4, 0.5) is 8.78 Å². The van der Waals surface area contributed by atoms with E-state index >= 15 is 0 Å². The van der Waals surface area contributed by atoms with E-state index in [9.17, 15) is 13.9 Å². The monoisotopic (exact) mass is 356 g/mol. The van der Waals surface area contributed by atoms with Gasteiger partial charge in [-0.15, -0.1) is 12.4 Å². The summed E-state index contributed by atoms with van der Waals surface area (Å²) in [5, 5.41) is 12.6. The average Bonchev–Trinajstić information content (AvgIpc) is 2.40. The van der Waals surface area contributed by atoms with Crippen molar-refractivity contribution in [1.29, 1.82) is 0 Å². The van der Waals surface area contributed by atoms with E-state index in [0.29, 0.717) is 13.1 Å². The molecule has 1 aromatic carbocycles. The average molecular weight is 358 g/mol. The van der Waals surface area contributed by atoms with Gasteiger partial charge in [0.2, 0.25) is 0 Å². The highest BCUT2D eigenvalue weighted by Crippen LogP contribution is 2.30. The van der Waals surface area contributed by atoms with Gasteiger partial charge in [-0.25, -0.2) is 8.78 Å². The molecule has 0 spiro atoms. The summed E-state index contributed by atoms with van der Waals surface area (Å²) in [7, 11) is 0. The van der Waals surface area contributed by atoms with E-state index in [1.807, 2.05) is 4.90 Å². The van der Waals surface area contributed by atoms with Crippen LogP contribution in [-0.2, 0) is 0 Å². The summed E-state index contributed by atoms with van der Waals surface area (Å²) in [6, 6.07) is 1.91. The molecule has 0 aromatic heterocycles. The Labute approximate surface area is 125 Å². The maximum absolute atomic E-state index is 14.0. The third-order valence-electron chi connectivity index (χ3n) is 3.18. The van der Waals surface area contributed by atoms with Crippen LogP contribution in [0, 0.1) is 11.6 Å². The third-order valence-corrected chi connectivity index (χ3v) is 3.79. The molecule has 1 fully saturated rings. The van der Waals surface area contributed by atoms with E-state index < -0.39 is 17.7 Å². The number of benzene rings is 1. The van der Waals surface area contributed by atoms with Crippen LogP contribution in [0.25, 0.3) is 0 Å². The lowest BCUT2D eigenvalue weighted by molar-refractivity contribution is 0.105. The quantitative estimate of drug-likeness (QED) is 0.813. The third kappa shape index (κ3) is 3.64. The summed E-state index contributed by atoms with van der Waals surface area (Å²) in [6.07, 6.45) is 0. The molecule has 7 heteroatoms. The van der Waals surface area contributed by atoms with Crippen molar-refractivity contribution in [3.05, 3.63) is 33.8 Å². The number of nitrogens with zero attached hydrogens (tertiary/aromatic N) is 1. The summed E-state index contributed by atoms with van der Waals surface area (Å²) in [6.45, 7) is 2.54. The highest BCUT2D eigenvalue weighted by Gasteiger charge is 2.27. The first-order chi connectivity index (χ1) is 8.65. The van der Waals surface area contributed by atoms with Gasteiger partial charge < -0.3 is 10.4 Å². The fourth-order valence-corrected chi connectivity index (χ4v) is 2.58. The van der Waals surface area contributed by atoms with E-state index in [1.165, 1.54) is 12.1 Å². The molecule has 3 nitrogen and oxygen atoms in total. The van der Waals surface area contributed by atoms with Crippen LogP contribution in [-0.4, -0.2) is 42.8 Å². The molecule has 1 atom stereocenters. The fraction of sp³-hybridized carbons (Fsp3) is 0.500. The number of aliphatic hydroxyl groups is 1. The smallest absolute Gasteiger partial charge is 0.145 e. The number of piperazine rings is 1. The van der Waals surface area contributed by atoms with Gasteiger partial charge in [-0.05, 0) is 28.1 Å². The van der Waals surface area contributed by atoms with Crippen LogP contribution in [0.5, 0.6) is 0 Å². The number of halogens is 4. The van der Waals surface area contributed by atoms with Crippen molar-refractivity contribution in [2.24, 2.45) is 0 Å². The van der Waals surface area contributed by atoms with Crippen molar-refractivity contribution in [1.82, 2.24) is 10.2 Å². The highest BCUT2D eigenvalue weighted by molar-refractivity contribution is 9.10. The Morgan fingerprint density at radius 3 is 2.53 bits per heavy atom. The maximum atomic E-state index is 14.0. The van der Waals surface area contributed by atoms with Crippen LogP contribution >= 0.6 is 28.3 Å². The second-order valence-electron chi connectivity index (χ2n) is 4.24. The topological polar surface area (TPSA) is 35.5 Å². The molecule has 0 unspecified atom stereocenters. The van der Waals surface area contributed by atoms with Crippen molar-refractivity contribution in [3.8, 4) is 0 Å². The van der Waals surface area contributed by atoms with Gasteiger partial charge in [0, 0.05) is 31.7 Å². The van der Waals surface area contributed by atoms with Crippen LogP contribution in [0.3, 0.4) is 0 Å². The van der Waals surface area contributed by atoms with E-state index in [4.69, 9.17) is 0 Å². The van der Waals surface area contributed by atoms with Crippen molar-refractivity contribution < 1.29 is 13.9 Å². The second-order valence-corrected chi connectivity index (χ2v) is 5.10. The van der Waals surface area contributed by atoms with Crippen molar-refractivity contribution >= 4 is 28.3 Å². The number of nitrogens with one attached hydrogen (secondary N) is 1. The number of hydrogen-bond acceptors (Lipinski definition) is 3. The Bertz CT molecular complexity index is 430. The molecule has 2 rings (SSSR count). The zero-order valence-corrected chi connectivity index (χ0v) is 12.6. The van der Waals surface area contributed by atoms with Crippen LogP contribution in [0.15, 0.2) is 16.6 Å². The predicted octanol–water partition coefficient (Wildman–Crippen LogP) is 2.09. The fourth-order valence-electron chi connectivity index (χ4n) is 2.23. The van der Waals surface area contributed by atoms with Gasteiger partial charge in [0.05, 0.1) is 17.1 Å². The van der Waals surface area contributed by atoms with E-state index in [-0.39, 0.29) is 29.1 Å². The lowest BCUT2D eigenvalue weighted by Gasteiger charge is -2.34. The zero-order chi connectivity index (χ0) is 13.1. The van der Waals surface area contributed by atoms with Gasteiger partial charge in [-0.3, -0.25) is 4.90 Å². The summed E-state index contributed by atoms with van der Waals surface area (Å²) >= 11 is 3.05. The Hall–Kier alpha value is -0.270. The van der Waals surface area contributed by atoms with Crippen molar-refractivity contribution in [2.45, 2.75) is 6.04 Å². The first kappa shape index (κ1) is 16.8. The SMILES string of the molecule is Cl.OC[C@H](c1c(F)ccc(Br)c1F)N1CCNCC1. The Morgan fingerprint density at radius 2 is 1.95 bits per heavy atom. The van der Waals surface area contributed by atoms with Gasteiger partial charge in [0.25, 0.3) is 0 Å². The molecular formula is C12H16BrClF2N2O. The summed E-state index contributed by atoms with van der Waals surface area (Å²) in [4.78, 5) is 1.89. The number of hydrogen-bond donors (Lipinski definition) is 2. The first-order valence-corrected chi connectivity index (χ1v) is 6.63. The van der Waals surface area contributed by atoms with Gasteiger partial charge in [0.15, 0.2) is 0 Å². The first-order valence-electron chi connectivity index (χ1n) is 5.84. The molecular weight excluding hydrogens is 341 g/mol. The van der Waals surface area contributed by atoms with Gasteiger partial charge in [-0.1, -0.05) is 0 Å². The summed E-state index contributed by atoms with van der Waals surface area (Å²) in [5.74, 6) is -1.25. The van der Waals surface area contributed by atoms with Crippen molar-refractivity contribution in [3.63, 3.8) is 0 Å². The molecule has 1 aliphatic rings. The molecule has 1 saturated heterocycles. The van der Waals surface area contributed by atoms with Crippen molar-refractivity contribution in [2.75, 3.05) is 32.8 Å². The molecule has 1 aromatic rings. The Kier molecular flexibility index (Phi) is 6.62. The van der Waals surface area contributed by atoms with E-state index in [0.717, 1.165) is 13.1 Å². The summed E-state index contributed by atoms with van der Waals surface area (Å²) in [5.41, 5.74) is -0.0613. The Balaban J connectivity index is 0.00000180. The van der Waals surface area contributed by atoms with Crippen LogP contribution in [0.1, 0.15) is 11.6 Å². The van der Waals surface area contributed by atoms with Crippen LogP contribution in [0.2, 0.25) is 0 Å². The largest absolute Gasteiger partial charge is 0.394 e. The van der Waals surface area contributed by atoms with Gasteiger partial charge in [-0.2, -0.15) is 0 Å². The van der Waals surface area contributed by atoms with Crippen LogP contribution < -0.4 is 5.32 Å². The lowest BCUT2D eigenvalue weighted by Crippen LogP contribution is -2.46. The lowest BCUT2D eigenvalue weighted by atomic mass is 10.0. The molecule has 1 heterocycles. The van der Waals surface area contributed by atoms with Gasteiger partial charge >= 0.3 is 0 Å². The molecule has 0 radical (unpaired) electrons. The normalized spacial score (nSPS) is 17.9. The van der Waals surface area contributed by atoms with Gasteiger partial charge in [0.1, 0.15) is 11.6 Å². The minimum atomic E-state index is -0.635. The molecule has 2 N–H and O–H groups in total. The number of rotatable bonds is 3. The maximum Gasteiger partial charge on any atom is 0.145 e. The molecule has 108 valence electrons. The number of aliphatic hydroxyl groups excluding tert-OH is 1. The second kappa shape index (κ2) is 7.50. The standard InChI is InChI=1S/C12H15BrF2N2O.ClH/c13-8-1-2-9(14)11(12(8)15)10(7-18)17-5-3-16-4-6-17;/h1-2,10,16,18H,3-7H2;1H/t10-;/m1./s1. The predicted molar refractivity (Wildman–Crippen MR) is 75.6 cm³/mol.